The second-order valence-corrected chi connectivity index (χ2v) is 5.11. The Bertz CT molecular complexity index is 838. The molecule has 4 heteroatoms. The number of aromatic nitrogens is 1. The number of benzene rings is 1. The van der Waals surface area contributed by atoms with E-state index in [4.69, 9.17) is 4.52 Å². The Kier molecular flexibility index (Phi) is 3.48. The van der Waals surface area contributed by atoms with E-state index in [1.165, 1.54) is 0 Å². The molecule has 0 aliphatic carbocycles. The van der Waals surface area contributed by atoms with Gasteiger partial charge in [-0.15, -0.1) is 0 Å². The lowest BCUT2D eigenvalue weighted by Gasteiger charge is -1.89. The van der Waals surface area contributed by atoms with Crippen molar-refractivity contribution in [3.63, 3.8) is 0 Å². The van der Waals surface area contributed by atoms with Gasteiger partial charge in [0.05, 0.1) is 9.86 Å². The first kappa shape index (κ1) is 12.8. The molecular formula is C16H10BrNO2. The van der Waals surface area contributed by atoms with E-state index in [0.717, 1.165) is 5.56 Å². The first-order valence-electron chi connectivity index (χ1n) is 6.07. The molecule has 0 aliphatic rings. The molecule has 0 saturated carbocycles. The summed E-state index contributed by atoms with van der Waals surface area (Å²) < 4.78 is 5.63. The third kappa shape index (κ3) is 2.42. The van der Waals surface area contributed by atoms with Crippen LogP contribution in [0.15, 0.2) is 62.3 Å². The first-order chi connectivity index (χ1) is 9.75. The second-order valence-electron chi connectivity index (χ2n) is 4.26. The largest absolute Gasteiger partial charge is 0.351 e. The Morgan fingerprint density at radius 3 is 2.60 bits per heavy atom. The Morgan fingerprint density at radius 1 is 1.00 bits per heavy atom. The molecule has 1 heterocycles. The third-order valence-corrected chi connectivity index (χ3v) is 3.54. The van der Waals surface area contributed by atoms with Crippen molar-refractivity contribution in [2.75, 3.05) is 0 Å². The molecule has 3 aromatic rings. The van der Waals surface area contributed by atoms with Crippen LogP contribution < -0.4 is 5.43 Å². The molecule has 0 bridgehead atoms. The standard InChI is InChI=1S/C16H10BrNO2/c17-13-8-4-7-12-14(18-20-16(12)15(13)19)10-9-11-5-2-1-3-6-11/h1-10H/b10-9+. The van der Waals surface area contributed by atoms with E-state index < -0.39 is 0 Å². The summed E-state index contributed by atoms with van der Waals surface area (Å²) in [6.45, 7) is 0. The normalized spacial score (nSPS) is 11.2. The van der Waals surface area contributed by atoms with Gasteiger partial charge in [0.1, 0.15) is 5.69 Å². The van der Waals surface area contributed by atoms with Crippen LogP contribution in [-0.4, -0.2) is 5.16 Å². The minimum absolute atomic E-state index is 0.197. The zero-order valence-corrected chi connectivity index (χ0v) is 12.0. The number of hydrogen-bond acceptors (Lipinski definition) is 3. The topological polar surface area (TPSA) is 43.1 Å². The summed E-state index contributed by atoms with van der Waals surface area (Å²) in [6, 6.07) is 15.2. The van der Waals surface area contributed by atoms with Crippen LogP contribution in [0.1, 0.15) is 11.3 Å². The monoisotopic (exact) mass is 327 g/mol. The second kappa shape index (κ2) is 5.43. The van der Waals surface area contributed by atoms with Crippen molar-refractivity contribution in [3.8, 4) is 0 Å². The van der Waals surface area contributed by atoms with Crippen molar-refractivity contribution in [1.29, 1.82) is 0 Å². The van der Waals surface area contributed by atoms with Gasteiger partial charge in [0.25, 0.3) is 0 Å². The van der Waals surface area contributed by atoms with Gasteiger partial charge in [-0.2, -0.15) is 0 Å². The van der Waals surface area contributed by atoms with E-state index >= 15 is 0 Å². The van der Waals surface area contributed by atoms with Gasteiger partial charge in [0, 0.05) is 0 Å². The van der Waals surface area contributed by atoms with Gasteiger partial charge in [-0.3, -0.25) is 4.79 Å². The molecule has 0 fully saturated rings. The van der Waals surface area contributed by atoms with Crippen LogP contribution in [0.3, 0.4) is 0 Å². The summed E-state index contributed by atoms with van der Waals surface area (Å²) in [7, 11) is 0. The van der Waals surface area contributed by atoms with Gasteiger partial charge >= 0.3 is 0 Å². The van der Waals surface area contributed by atoms with E-state index in [-0.39, 0.29) is 11.0 Å². The molecule has 0 N–H and O–H groups in total. The van der Waals surface area contributed by atoms with Crippen LogP contribution in [0.4, 0.5) is 0 Å². The molecule has 0 amide bonds. The highest BCUT2D eigenvalue weighted by Crippen LogP contribution is 2.18. The average molecular weight is 328 g/mol. The number of nitrogens with zero attached hydrogens (tertiary/aromatic N) is 1. The highest BCUT2D eigenvalue weighted by molar-refractivity contribution is 9.10. The molecule has 3 rings (SSSR count). The summed E-state index contributed by atoms with van der Waals surface area (Å²) in [5.41, 5.74) is 1.77. The Labute approximate surface area is 123 Å². The lowest BCUT2D eigenvalue weighted by Crippen LogP contribution is -1.96. The minimum atomic E-state index is -0.197. The highest BCUT2D eigenvalue weighted by Gasteiger charge is 2.09. The van der Waals surface area contributed by atoms with E-state index in [2.05, 4.69) is 21.1 Å². The smallest absolute Gasteiger partial charge is 0.238 e. The SMILES string of the molecule is O=c1c(Br)cccc2c(/C=C/c3ccccc3)noc12. The zero-order chi connectivity index (χ0) is 13.9. The van der Waals surface area contributed by atoms with Crippen LogP contribution in [-0.2, 0) is 0 Å². The molecule has 20 heavy (non-hydrogen) atoms. The predicted octanol–water partition coefficient (Wildman–Crippen LogP) is 4.12. The van der Waals surface area contributed by atoms with Crippen LogP contribution in [0.5, 0.6) is 0 Å². The molecule has 3 nitrogen and oxygen atoms in total. The highest BCUT2D eigenvalue weighted by atomic mass is 79.9. The van der Waals surface area contributed by atoms with Gasteiger partial charge in [0.15, 0.2) is 0 Å². The summed E-state index contributed by atoms with van der Waals surface area (Å²) in [6.07, 6.45) is 3.78. The van der Waals surface area contributed by atoms with Gasteiger partial charge in [0.2, 0.25) is 11.0 Å². The zero-order valence-electron chi connectivity index (χ0n) is 10.4. The fourth-order valence-corrected chi connectivity index (χ4v) is 2.24. The number of rotatable bonds is 2. The van der Waals surface area contributed by atoms with Crippen molar-refractivity contribution < 1.29 is 4.52 Å². The molecule has 98 valence electrons. The summed E-state index contributed by atoms with van der Waals surface area (Å²) >= 11 is 3.21. The van der Waals surface area contributed by atoms with Crippen molar-refractivity contribution in [2.45, 2.75) is 0 Å². The van der Waals surface area contributed by atoms with E-state index in [1.54, 1.807) is 12.1 Å². The lowest BCUT2D eigenvalue weighted by atomic mass is 10.2. The van der Waals surface area contributed by atoms with Gasteiger partial charge in [-0.1, -0.05) is 47.6 Å². The predicted molar refractivity (Wildman–Crippen MR) is 83.3 cm³/mol. The number of fused-ring (bicyclic) bond motifs is 1. The molecule has 0 aliphatic heterocycles. The van der Waals surface area contributed by atoms with Crippen molar-refractivity contribution >= 4 is 39.1 Å². The third-order valence-electron chi connectivity index (χ3n) is 2.92. The van der Waals surface area contributed by atoms with E-state index in [1.807, 2.05) is 48.6 Å². The van der Waals surface area contributed by atoms with Crippen molar-refractivity contribution in [3.05, 3.63) is 74.5 Å². The van der Waals surface area contributed by atoms with Crippen molar-refractivity contribution in [1.82, 2.24) is 5.16 Å². The molecule has 2 aromatic carbocycles. The van der Waals surface area contributed by atoms with Crippen molar-refractivity contribution in [2.24, 2.45) is 0 Å². The maximum Gasteiger partial charge on any atom is 0.238 e. The Balaban J connectivity index is 2.11. The molecule has 0 unspecified atom stereocenters. The van der Waals surface area contributed by atoms with Crippen LogP contribution in [0.25, 0.3) is 23.1 Å². The number of halogens is 1. The summed E-state index contributed by atoms with van der Waals surface area (Å²) in [4.78, 5) is 12.0. The minimum Gasteiger partial charge on any atom is -0.351 e. The Hall–Kier alpha value is -2.20. The molecule has 1 aromatic heterocycles. The van der Waals surface area contributed by atoms with Crippen LogP contribution >= 0.6 is 15.9 Å². The summed E-state index contributed by atoms with van der Waals surface area (Å²) in [5, 5.41) is 4.66. The maximum absolute atomic E-state index is 12.0. The Morgan fingerprint density at radius 2 is 1.80 bits per heavy atom. The first-order valence-corrected chi connectivity index (χ1v) is 6.86. The lowest BCUT2D eigenvalue weighted by molar-refractivity contribution is 0.453. The van der Waals surface area contributed by atoms with Crippen LogP contribution in [0, 0.1) is 0 Å². The van der Waals surface area contributed by atoms with Gasteiger partial charge in [-0.25, -0.2) is 0 Å². The molecule has 0 saturated heterocycles. The van der Waals surface area contributed by atoms with Crippen LogP contribution in [0.2, 0.25) is 0 Å². The number of hydrogen-bond donors (Lipinski definition) is 0. The van der Waals surface area contributed by atoms with E-state index in [9.17, 15) is 4.79 Å². The maximum atomic E-state index is 12.0. The molecule has 0 atom stereocenters. The molecule has 0 radical (unpaired) electrons. The average Bonchev–Trinajstić information content (AvgIpc) is 2.82. The molecule has 0 spiro atoms. The van der Waals surface area contributed by atoms with Gasteiger partial charge in [-0.05, 0) is 39.7 Å². The fraction of sp³-hybridized carbons (Fsp3) is 0. The van der Waals surface area contributed by atoms with Gasteiger partial charge < -0.3 is 4.52 Å². The quantitative estimate of drug-likeness (QED) is 0.711. The van der Waals surface area contributed by atoms with E-state index in [0.29, 0.717) is 15.6 Å². The molecular weight excluding hydrogens is 318 g/mol. The fourth-order valence-electron chi connectivity index (χ4n) is 1.91. The summed E-state index contributed by atoms with van der Waals surface area (Å²) in [5.74, 6) is 0.